The van der Waals surface area contributed by atoms with Gasteiger partial charge in [-0.25, -0.2) is 0 Å². The van der Waals surface area contributed by atoms with Crippen LogP contribution >= 0.6 is 0 Å². The lowest BCUT2D eigenvalue weighted by atomic mass is 10.1. The summed E-state index contributed by atoms with van der Waals surface area (Å²) in [6.07, 6.45) is 3.48. The molecule has 0 aromatic heterocycles. The molecule has 0 fully saturated rings. The van der Waals surface area contributed by atoms with Crippen LogP contribution in [0.15, 0.2) is 12.2 Å². The zero-order valence-corrected chi connectivity index (χ0v) is 11.9. The van der Waals surface area contributed by atoms with Crippen LogP contribution in [0.1, 0.15) is 33.1 Å². The minimum Gasteiger partial charge on any atom is -1.00 e. The van der Waals surface area contributed by atoms with Crippen molar-refractivity contribution in [3.05, 3.63) is 12.2 Å². The highest BCUT2D eigenvalue weighted by Gasteiger charge is 2.24. The first kappa shape index (κ1) is 17.8. The van der Waals surface area contributed by atoms with Gasteiger partial charge in [0.05, 0.1) is 21.1 Å². The quantitative estimate of drug-likeness (QED) is 0.361. The molecule has 0 radical (unpaired) electrons. The maximum Gasteiger partial charge on any atom is 0.250 e. The van der Waals surface area contributed by atoms with Gasteiger partial charge in [-0.2, -0.15) is 0 Å². The van der Waals surface area contributed by atoms with Crippen molar-refractivity contribution < 1.29 is 21.7 Å². The Hall–Kier alpha value is -0.540. The van der Waals surface area contributed by atoms with Crippen molar-refractivity contribution in [3.63, 3.8) is 0 Å². The zero-order chi connectivity index (χ0) is 12.1. The number of amides is 1. The first-order valence-corrected chi connectivity index (χ1v) is 5.56. The number of carbonyl (C=O) groups excluding carboxylic acids is 1. The van der Waals surface area contributed by atoms with Crippen molar-refractivity contribution in [2.75, 3.05) is 21.1 Å². The molecule has 0 aliphatic rings. The third-order valence-electron chi connectivity index (χ3n) is 2.45. The van der Waals surface area contributed by atoms with Crippen LogP contribution in [-0.4, -0.2) is 37.7 Å². The molecule has 0 heterocycles. The van der Waals surface area contributed by atoms with E-state index in [2.05, 4.69) is 40.0 Å². The van der Waals surface area contributed by atoms with Gasteiger partial charge >= 0.3 is 0 Å². The normalized spacial score (nSPS) is 12.6. The van der Waals surface area contributed by atoms with Crippen LogP contribution in [0.4, 0.5) is 0 Å². The average Bonchev–Trinajstić information content (AvgIpc) is 2.09. The summed E-state index contributed by atoms with van der Waals surface area (Å²) in [5, 5.41) is 3.02. The summed E-state index contributed by atoms with van der Waals surface area (Å²) in [6, 6.07) is 0. The highest BCUT2D eigenvalue weighted by atomic mass is 35.5. The molecule has 0 saturated heterocycles. The minimum absolute atomic E-state index is 0. The van der Waals surface area contributed by atoms with Crippen LogP contribution in [0.5, 0.6) is 0 Å². The number of carbonyl (C=O) groups is 1. The first-order chi connectivity index (χ1) is 6.79. The number of nitrogens with zero attached hydrogens (tertiary/aromatic N) is 1. The van der Waals surface area contributed by atoms with Gasteiger partial charge in [0.15, 0.2) is 6.17 Å². The molecule has 0 aromatic carbocycles. The molecule has 96 valence electrons. The van der Waals surface area contributed by atoms with Crippen LogP contribution in [-0.2, 0) is 4.79 Å². The summed E-state index contributed by atoms with van der Waals surface area (Å²) in [5.41, 5.74) is 0.574. The van der Waals surface area contributed by atoms with E-state index in [1.54, 1.807) is 6.92 Å². The zero-order valence-electron chi connectivity index (χ0n) is 11.1. The maximum absolute atomic E-state index is 11.5. The lowest BCUT2D eigenvalue weighted by Gasteiger charge is -2.34. The maximum atomic E-state index is 11.5. The molecule has 1 amide bonds. The Bertz CT molecular complexity index is 234. The number of hydrogen-bond donors (Lipinski definition) is 1. The molecule has 0 aromatic rings. The molecule has 0 aliphatic heterocycles. The monoisotopic (exact) mass is 248 g/mol. The molecule has 0 saturated carbocycles. The van der Waals surface area contributed by atoms with Gasteiger partial charge in [-0.15, -0.1) is 0 Å². The number of halogens is 1. The van der Waals surface area contributed by atoms with Crippen LogP contribution in [0.2, 0.25) is 0 Å². The number of unbranched alkanes of at least 4 members (excludes halogenated alkanes) is 1. The summed E-state index contributed by atoms with van der Waals surface area (Å²) in [5.74, 6) is -0.0378. The van der Waals surface area contributed by atoms with Gasteiger partial charge in [0.25, 0.3) is 5.91 Å². The highest BCUT2D eigenvalue weighted by Crippen LogP contribution is 2.09. The Kier molecular flexibility index (Phi) is 8.57. The predicted molar refractivity (Wildman–Crippen MR) is 64.3 cm³/mol. The SMILES string of the molecule is C=C(C)C(=O)NC(CCCC)[N+](C)(C)C.[Cl-]. The van der Waals surface area contributed by atoms with E-state index in [4.69, 9.17) is 0 Å². The van der Waals surface area contributed by atoms with E-state index in [-0.39, 0.29) is 24.5 Å². The van der Waals surface area contributed by atoms with E-state index in [1.165, 1.54) is 0 Å². The molecule has 0 rings (SSSR count). The molecular formula is C12H25ClN2O. The van der Waals surface area contributed by atoms with Gasteiger partial charge in [-0.3, -0.25) is 4.79 Å². The Morgan fingerprint density at radius 2 is 1.88 bits per heavy atom. The van der Waals surface area contributed by atoms with Crippen LogP contribution < -0.4 is 17.7 Å². The van der Waals surface area contributed by atoms with Crippen LogP contribution in [0, 0.1) is 0 Å². The Labute approximate surface area is 106 Å². The minimum atomic E-state index is -0.0378. The first-order valence-electron chi connectivity index (χ1n) is 5.56. The van der Waals surface area contributed by atoms with E-state index < -0.39 is 0 Å². The number of rotatable bonds is 6. The second kappa shape index (κ2) is 7.69. The van der Waals surface area contributed by atoms with Crippen LogP contribution in [0.25, 0.3) is 0 Å². The smallest absolute Gasteiger partial charge is 0.250 e. The highest BCUT2D eigenvalue weighted by molar-refractivity contribution is 5.92. The molecule has 0 aliphatic carbocycles. The van der Waals surface area contributed by atoms with E-state index in [0.717, 1.165) is 23.7 Å². The van der Waals surface area contributed by atoms with Crippen LogP contribution in [0.3, 0.4) is 0 Å². The third-order valence-corrected chi connectivity index (χ3v) is 2.45. The fourth-order valence-electron chi connectivity index (χ4n) is 1.33. The summed E-state index contributed by atoms with van der Waals surface area (Å²) < 4.78 is 0.749. The molecule has 0 bridgehead atoms. The lowest BCUT2D eigenvalue weighted by Crippen LogP contribution is -3.00. The van der Waals surface area contributed by atoms with E-state index >= 15 is 0 Å². The summed E-state index contributed by atoms with van der Waals surface area (Å²) >= 11 is 0. The topological polar surface area (TPSA) is 29.1 Å². The average molecular weight is 249 g/mol. The second-order valence-corrected chi connectivity index (χ2v) is 5.03. The Balaban J connectivity index is 0. The van der Waals surface area contributed by atoms with Crippen molar-refractivity contribution >= 4 is 5.91 Å². The molecule has 16 heavy (non-hydrogen) atoms. The predicted octanol–water partition coefficient (Wildman–Crippen LogP) is -1.09. The molecule has 1 N–H and O–H groups in total. The van der Waals surface area contributed by atoms with E-state index in [9.17, 15) is 4.79 Å². The molecular weight excluding hydrogens is 224 g/mol. The number of hydrogen-bond acceptors (Lipinski definition) is 1. The molecule has 3 nitrogen and oxygen atoms in total. The molecule has 4 heteroatoms. The van der Waals surface area contributed by atoms with Gasteiger partial charge in [-0.1, -0.05) is 19.9 Å². The summed E-state index contributed by atoms with van der Waals surface area (Å²) in [4.78, 5) is 11.5. The van der Waals surface area contributed by atoms with Gasteiger partial charge < -0.3 is 22.2 Å². The van der Waals surface area contributed by atoms with E-state index in [0.29, 0.717) is 5.57 Å². The molecule has 1 atom stereocenters. The summed E-state index contributed by atoms with van der Waals surface area (Å²) in [6.45, 7) is 7.55. The van der Waals surface area contributed by atoms with E-state index in [1.807, 2.05) is 0 Å². The third kappa shape index (κ3) is 6.85. The van der Waals surface area contributed by atoms with Gasteiger partial charge in [0.1, 0.15) is 0 Å². The standard InChI is InChI=1S/C12H24N2O.ClH/c1-7-8-9-11(14(4,5)6)13-12(15)10(2)3;/h11H,2,7-9H2,1,3-6H3;1H. The number of quaternary nitrogens is 1. The molecule has 0 spiro atoms. The fraction of sp³-hybridized carbons (Fsp3) is 0.750. The molecule has 1 unspecified atom stereocenters. The second-order valence-electron chi connectivity index (χ2n) is 5.03. The van der Waals surface area contributed by atoms with Gasteiger partial charge in [0.2, 0.25) is 0 Å². The Morgan fingerprint density at radius 1 is 1.38 bits per heavy atom. The fourth-order valence-corrected chi connectivity index (χ4v) is 1.33. The largest absolute Gasteiger partial charge is 1.00 e. The van der Waals surface area contributed by atoms with Crippen molar-refractivity contribution in [2.24, 2.45) is 0 Å². The summed E-state index contributed by atoms with van der Waals surface area (Å²) in [7, 11) is 6.29. The number of nitrogens with one attached hydrogen (secondary N) is 1. The van der Waals surface area contributed by atoms with Crippen molar-refractivity contribution in [2.45, 2.75) is 39.3 Å². The van der Waals surface area contributed by atoms with Crippen molar-refractivity contribution in [1.82, 2.24) is 5.32 Å². The Morgan fingerprint density at radius 3 is 2.19 bits per heavy atom. The van der Waals surface area contributed by atoms with Gasteiger partial charge in [-0.05, 0) is 13.3 Å². The van der Waals surface area contributed by atoms with Crippen molar-refractivity contribution in [3.8, 4) is 0 Å². The van der Waals surface area contributed by atoms with Gasteiger partial charge in [0, 0.05) is 12.0 Å². The van der Waals surface area contributed by atoms with Crippen molar-refractivity contribution in [1.29, 1.82) is 0 Å². The lowest BCUT2D eigenvalue weighted by molar-refractivity contribution is -0.898.